The molecule has 0 fully saturated rings. The molecule has 0 aliphatic heterocycles. The van der Waals surface area contributed by atoms with Gasteiger partial charge in [-0.25, -0.2) is 13.8 Å². The van der Waals surface area contributed by atoms with Gasteiger partial charge in [-0.1, -0.05) is 47.0 Å². The summed E-state index contributed by atoms with van der Waals surface area (Å²) in [5.74, 6) is 0.740. The molecule has 0 saturated carbocycles. The maximum absolute atomic E-state index is 13.6. The molecule has 0 aromatic heterocycles. The predicted molar refractivity (Wildman–Crippen MR) is 176 cm³/mol. The highest BCUT2D eigenvalue weighted by Gasteiger charge is 2.27. The number of nitrogens with zero attached hydrogens (tertiary/aromatic N) is 2. The van der Waals surface area contributed by atoms with Gasteiger partial charge in [-0.05, 0) is 89.1 Å². The highest BCUT2D eigenvalue weighted by Crippen LogP contribution is 2.37. The summed E-state index contributed by atoms with van der Waals surface area (Å²) in [7, 11) is -1.08. The van der Waals surface area contributed by atoms with Crippen LogP contribution in [0.3, 0.4) is 0 Å². The molecule has 0 heterocycles. The van der Waals surface area contributed by atoms with Crippen molar-refractivity contribution in [3.8, 4) is 17.2 Å². The molecule has 44 heavy (non-hydrogen) atoms. The molecular formula is C31H28BrCl2N3O6S. The smallest absolute Gasteiger partial charge is 0.264 e. The van der Waals surface area contributed by atoms with Gasteiger partial charge in [0.25, 0.3) is 15.9 Å². The largest absolute Gasteiger partial charge is 0.497 e. The van der Waals surface area contributed by atoms with Crippen molar-refractivity contribution in [1.82, 2.24) is 5.43 Å². The molecule has 0 aliphatic carbocycles. The number of benzene rings is 4. The molecule has 13 heteroatoms. The summed E-state index contributed by atoms with van der Waals surface area (Å²) in [6.07, 6.45) is 1.40. The van der Waals surface area contributed by atoms with Crippen LogP contribution in [0, 0.1) is 6.92 Å². The molecule has 9 nitrogen and oxygen atoms in total. The monoisotopic (exact) mass is 719 g/mol. The first-order chi connectivity index (χ1) is 21.0. The number of anilines is 1. The third-order valence-electron chi connectivity index (χ3n) is 6.30. The number of sulfonamides is 1. The van der Waals surface area contributed by atoms with Gasteiger partial charge in [0.05, 0.1) is 35.5 Å². The fraction of sp³-hybridized carbons (Fsp3) is 0.161. The Hall–Kier alpha value is -3.77. The average Bonchev–Trinajstić information content (AvgIpc) is 3.00. The van der Waals surface area contributed by atoms with Gasteiger partial charge in [-0.2, -0.15) is 5.10 Å². The summed E-state index contributed by atoms with van der Waals surface area (Å²) in [6.45, 7) is 1.51. The number of carbonyl (C=O) groups excluding carboxylic acids is 1. The van der Waals surface area contributed by atoms with E-state index in [4.69, 9.17) is 37.4 Å². The van der Waals surface area contributed by atoms with E-state index in [-0.39, 0.29) is 17.2 Å². The molecule has 0 atom stereocenters. The molecule has 0 aliphatic rings. The van der Waals surface area contributed by atoms with Crippen molar-refractivity contribution in [3.63, 3.8) is 0 Å². The minimum absolute atomic E-state index is 0.0489. The normalized spacial score (nSPS) is 11.3. The topological polar surface area (TPSA) is 107 Å². The Kier molecular flexibility index (Phi) is 11.1. The van der Waals surface area contributed by atoms with Crippen molar-refractivity contribution in [3.05, 3.63) is 110 Å². The quantitative estimate of drug-likeness (QED) is 0.125. The lowest BCUT2D eigenvalue weighted by Crippen LogP contribution is -2.39. The Morgan fingerprint density at radius 2 is 1.68 bits per heavy atom. The Morgan fingerprint density at radius 3 is 2.32 bits per heavy atom. The Morgan fingerprint density at radius 1 is 0.977 bits per heavy atom. The average molecular weight is 721 g/mol. The standard InChI is InChI=1S/C31H28BrCl2N3O6S/c1-20-4-12-26(13-5-20)44(39,40)37(24-8-10-25(41-2)11-9-24)18-30(38)36-35-17-21-14-27(32)31(29(15-21)42-3)43-19-22-6-7-23(33)16-28(22)34/h4-17H,18-19H2,1-3H3,(H,36,38)/b35-17-. The van der Waals surface area contributed by atoms with Crippen LogP contribution >= 0.6 is 39.1 Å². The molecule has 4 rings (SSSR count). The van der Waals surface area contributed by atoms with Gasteiger partial charge in [0.2, 0.25) is 0 Å². The fourth-order valence-corrected chi connectivity index (χ4v) is 6.45. The number of hydrogen-bond acceptors (Lipinski definition) is 7. The van der Waals surface area contributed by atoms with Gasteiger partial charge in [0.15, 0.2) is 11.5 Å². The van der Waals surface area contributed by atoms with Gasteiger partial charge in [0, 0.05) is 15.6 Å². The summed E-state index contributed by atoms with van der Waals surface area (Å²) in [5.41, 5.74) is 4.91. The van der Waals surface area contributed by atoms with Crippen molar-refractivity contribution < 1.29 is 27.4 Å². The number of nitrogens with one attached hydrogen (secondary N) is 1. The lowest BCUT2D eigenvalue weighted by atomic mass is 10.2. The van der Waals surface area contributed by atoms with E-state index in [1.165, 1.54) is 32.6 Å². The zero-order valence-corrected chi connectivity index (χ0v) is 27.8. The molecule has 4 aromatic rings. The molecule has 1 N–H and O–H groups in total. The second-order valence-corrected chi connectivity index (χ2v) is 12.9. The van der Waals surface area contributed by atoms with E-state index in [0.29, 0.717) is 37.3 Å². The Bertz CT molecular complexity index is 1770. The van der Waals surface area contributed by atoms with Gasteiger partial charge >= 0.3 is 0 Å². The third kappa shape index (κ3) is 8.23. The summed E-state index contributed by atoms with van der Waals surface area (Å²) >= 11 is 15.7. The van der Waals surface area contributed by atoms with Gasteiger partial charge in [-0.15, -0.1) is 0 Å². The molecule has 1 amide bonds. The summed E-state index contributed by atoms with van der Waals surface area (Å²) in [5, 5.41) is 5.03. The first-order valence-electron chi connectivity index (χ1n) is 13.0. The van der Waals surface area contributed by atoms with Crippen molar-refractivity contribution in [2.75, 3.05) is 25.1 Å². The number of hydrogen-bond donors (Lipinski definition) is 1. The molecule has 0 unspecified atom stereocenters. The highest BCUT2D eigenvalue weighted by atomic mass is 79.9. The van der Waals surface area contributed by atoms with Crippen LogP contribution in [-0.2, 0) is 21.4 Å². The number of rotatable bonds is 12. The molecule has 0 spiro atoms. The minimum Gasteiger partial charge on any atom is -0.497 e. The summed E-state index contributed by atoms with van der Waals surface area (Å²) in [4.78, 5) is 13.0. The van der Waals surface area contributed by atoms with Crippen LogP contribution in [0.5, 0.6) is 17.2 Å². The van der Waals surface area contributed by atoms with Crippen LogP contribution in [0.15, 0.2) is 93.3 Å². The fourth-order valence-electron chi connectivity index (χ4n) is 3.99. The second-order valence-electron chi connectivity index (χ2n) is 9.37. The molecule has 0 radical (unpaired) electrons. The number of aryl methyl sites for hydroxylation is 1. The van der Waals surface area contributed by atoms with Crippen LogP contribution in [-0.4, -0.2) is 41.3 Å². The van der Waals surface area contributed by atoms with Crippen molar-refractivity contribution in [1.29, 1.82) is 0 Å². The number of halogens is 3. The van der Waals surface area contributed by atoms with Crippen LogP contribution in [0.25, 0.3) is 0 Å². The molecule has 4 aromatic carbocycles. The molecule has 0 saturated heterocycles. The SMILES string of the molecule is COc1ccc(N(CC(=O)N/N=C\c2cc(Br)c(OCc3ccc(Cl)cc3Cl)c(OC)c2)S(=O)(=O)c2ccc(C)cc2)cc1. The number of hydrazone groups is 1. The number of carbonyl (C=O) groups is 1. The van der Waals surface area contributed by atoms with Crippen LogP contribution < -0.4 is 23.9 Å². The predicted octanol–water partition coefficient (Wildman–Crippen LogP) is 7.01. The van der Waals surface area contributed by atoms with E-state index in [9.17, 15) is 13.2 Å². The van der Waals surface area contributed by atoms with Gasteiger partial charge in [-0.3, -0.25) is 9.10 Å². The first kappa shape index (κ1) is 33.1. The summed E-state index contributed by atoms with van der Waals surface area (Å²) in [6, 6.07) is 21.3. The van der Waals surface area contributed by atoms with Crippen molar-refractivity contribution >= 4 is 67.0 Å². The molecule has 230 valence electrons. The highest BCUT2D eigenvalue weighted by molar-refractivity contribution is 9.10. The zero-order chi connectivity index (χ0) is 31.9. The van der Waals surface area contributed by atoms with Crippen molar-refractivity contribution in [2.45, 2.75) is 18.4 Å². The zero-order valence-electron chi connectivity index (χ0n) is 23.9. The first-order valence-corrected chi connectivity index (χ1v) is 16.0. The third-order valence-corrected chi connectivity index (χ3v) is 9.26. The van der Waals surface area contributed by atoms with Crippen LogP contribution in [0.1, 0.15) is 16.7 Å². The lowest BCUT2D eigenvalue weighted by Gasteiger charge is -2.24. The van der Waals surface area contributed by atoms with Gasteiger partial charge in [0.1, 0.15) is 18.9 Å². The maximum atomic E-state index is 13.6. The maximum Gasteiger partial charge on any atom is 0.264 e. The van der Waals surface area contributed by atoms with Crippen LogP contribution in [0.4, 0.5) is 5.69 Å². The Labute approximate surface area is 274 Å². The molecule has 0 bridgehead atoms. The van der Waals surface area contributed by atoms with Crippen LogP contribution in [0.2, 0.25) is 10.0 Å². The van der Waals surface area contributed by atoms with E-state index in [0.717, 1.165) is 15.4 Å². The van der Waals surface area contributed by atoms with Crippen molar-refractivity contribution in [2.24, 2.45) is 5.10 Å². The Balaban J connectivity index is 1.49. The number of amides is 1. The van der Waals surface area contributed by atoms with E-state index in [2.05, 4.69) is 26.5 Å². The molecular weight excluding hydrogens is 693 g/mol. The van der Waals surface area contributed by atoms with Gasteiger partial charge < -0.3 is 14.2 Å². The summed E-state index contributed by atoms with van der Waals surface area (Å²) < 4.78 is 45.4. The lowest BCUT2D eigenvalue weighted by molar-refractivity contribution is -0.119. The minimum atomic E-state index is -4.08. The van der Waals surface area contributed by atoms with E-state index in [1.807, 2.05) is 6.92 Å². The second kappa shape index (κ2) is 14.8. The van der Waals surface area contributed by atoms with E-state index < -0.39 is 22.5 Å². The van der Waals surface area contributed by atoms with E-state index in [1.54, 1.807) is 66.7 Å². The number of methoxy groups -OCH3 is 2. The number of ether oxygens (including phenoxy) is 3. The van der Waals surface area contributed by atoms with E-state index >= 15 is 0 Å².